The number of fused-ring (bicyclic) bond motifs is 1. The Bertz CT molecular complexity index is 391. The normalized spacial score (nSPS) is 35.2. The molecule has 0 radical (unpaired) electrons. The van der Waals surface area contributed by atoms with Crippen LogP contribution in [0, 0.1) is 23.2 Å². The molecule has 2 aliphatic rings. The van der Waals surface area contributed by atoms with E-state index in [1.54, 1.807) is 0 Å². The van der Waals surface area contributed by atoms with E-state index in [-0.39, 0.29) is 17.8 Å². The van der Waals surface area contributed by atoms with Crippen LogP contribution in [-0.4, -0.2) is 20.8 Å². The zero-order valence-corrected chi connectivity index (χ0v) is 17.4. The van der Waals surface area contributed by atoms with Crippen LogP contribution >= 0.6 is 0 Å². The summed E-state index contributed by atoms with van der Waals surface area (Å²) < 4.78 is 32.7. The molecule has 0 aromatic rings. The van der Waals surface area contributed by atoms with Crippen LogP contribution in [-0.2, 0) is 4.43 Å². The van der Waals surface area contributed by atoms with Gasteiger partial charge in [0, 0.05) is 12.5 Å². The second-order valence-corrected chi connectivity index (χ2v) is 13.4. The molecule has 0 N–H and O–H groups in total. The van der Waals surface area contributed by atoms with E-state index >= 15 is 0 Å². The molecule has 2 rings (SSSR count). The average Bonchev–Trinajstić information content (AvgIpc) is 2.90. The first-order valence-electron chi connectivity index (χ1n) is 10.3. The summed E-state index contributed by atoms with van der Waals surface area (Å²) in [5.41, 5.74) is 0.215. The molecular formula is C20H38F2OSi. The molecule has 0 spiro atoms. The summed E-state index contributed by atoms with van der Waals surface area (Å²) in [7, 11) is -1.59. The zero-order chi connectivity index (χ0) is 18.0. The van der Waals surface area contributed by atoms with Crippen LogP contribution in [0.15, 0.2) is 0 Å². The van der Waals surface area contributed by atoms with Gasteiger partial charge >= 0.3 is 0 Å². The van der Waals surface area contributed by atoms with Crippen molar-refractivity contribution in [1.29, 1.82) is 0 Å². The van der Waals surface area contributed by atoms with Crippen LogP contribution in [0.25, 0.3) is 0 Å². The second-order valence-electron chi connectivity index (χ2n) is 8.69. The highest BCUT2D eigenvalue weighted by molar-refractivity contribution is 6.73. The lowest BCUT2D eigenvalue weighted by atomic mass is 9.61. The van der Waals surface area contributed by atoms with E-state index in [2.05, 4.69) is 34.6 Å². The Hall–Kier alpha value is 0.0369. The van der Waals surface area contributed by atoms with Crippen molar-refractivity contribution in [1.82, 2.24) is 0 Å². The molecule has 0 heterocycles. The van der Waals surface area contributed by atoms with Crippen molar-refractivity contribution in [3.05, 3.63) is 0 Å². The lowest BCUT2D eigenvalue weighted by Crippen LogP contribution is -2.48. The molecule has 2 aliphatic carbocycles. The molecule has 0 aliphatic heterocycles. The van der Waals surface area contributed by atoms with E-state index in [1.807, 2.05) is 0 Å². The number of hydrogen-bond donors (Lipinski definition) is 0. The first-order valence-corrected chi connectivity index (χ1v) is 12.8. The summed E-state index contributed by atoms with van der Waals surface area (Å²) >= 11 is 0. The highest BCUT2D eigenvalue weighted by Gasteiger charge is 2.54. The molecule has 2 fully saturated rings. The summed E-state index contributed by atoms with van der Waals surface area (Å²) in [6.45, 7) is 11.3. The van der Waals surface area contributed by atoms with Gasteiger partial charge in [0.2, 0.25) is 6.43 Å². The third-order valence-corrected chi connectivity index (χ3v) is 12.4. The van der Waals surface area contributed by atoms with Crippen LogP contribution in [0.5, 0.6) is 0 Å². The van der Waals surface area contributed by atoms with Gasteiger partial charge in [0.25, 0.3) is 0 Å². The minimum Gasteiger partial charge on any atom is -0.414 e. The Labute approximate surface area is 149 Å². The molecule has 5 atom stereocenters. The summed E-state index contributed by atoms with van der Waals surface area (Å²) in [4.78, 5) is 0. The van der Waals surface area contributed by atoms with Crippen LogP contribution in [0.1, 0.15) is 73.1 Å². The van der Waals surface area contributed by atoms with E-state index in [9.17, 15) is 8.78 Å². The number of halogens is 2. The first kappa shape index (κ1) is 20.4. The predicted octanol–water partition coefficient (Wildman–Crippen LogP) is 6.88. The molecule has 2 saturated carbocycles. The van der Waals surface area contributed by atoms with E-state index < -0.39 is 14.7 Å². The minimum atomic E-state index is -2.17. The van der Waals surface area contributed by atoms with Gasteiger partial charge in [-0.25, -0.2) is 8.78 Å². The lowest BCUT2D eigenvalue weighted by Gasteiger charge is -2.48. The molecule has 0 aromatic heterocycles. The molecular weight excluding hydrogens is 322 g/mol. The van der Waals surface area contributed by atoms with Crippen molar-refractivity contribution in [2.45, 2.75) is 104 Å². The van der Waals surface area contributed by atoms with Gasteiger partial charge in [0.1, 0.15) is 0 Å². The Morgan fingerprint density at radius 1 is 1.08 bits per heavy atom. The van der Waals surface area contributed by atoms with Gasteiger partial charge in [0.15, 0.2) is 8.32 Å². The fourth-order valence-electron chi connectivity index (χ4n) is 6.00. The Balaban J connectivity index is 2.14. The summed E-state index contributed by atoms with van der Waals surface area (Å²) in [5, 5.41) is 0. The standard InChI is InChI=1S/C20H38F2OSi/c1-6-24(7-2,8-3)23-18-10-9-13-20(5)16(11-12-17(18)20)15(4)14-19(21)22/h15-19H,6-14H2,1-5H3/t15-,16-,17+,18+,20-/m1/s1. The molecule has 0 amide bonds. The monoisotopic (exact) mass is 360 g/mol. The molecule has 0 aromatic carbocycles. The maximum atomic E-state index is 12.9. The Morgan fingerprint density at radius 2 is 1.71 bits per heavy atom. The zero-order valence-electron chi connectivity index (χ0n) is 16.4. The first-order chi connectivity index (χ1) is 11.3. The van der Waals surface area contributed by atoms with Crippen molar-refractivity contribution in [2.75, 3.05) is 0 Å². The fraction of sp³-hybridized carbons (Fsp3) is 1.00. The molecule has 0 bridgehead atoms. The molecule has 0 unspecified atom stereocenters. The van der Waals surface area contributed by atoms with Gasteiger partial charge < -0.3 is 4.43 Å². The van der Waals surface area contributed by atoms with Crippen LogP contribution in [0.3, 0.4) is 0 Å². The van der Waals surface area contributed by atoms with Crippen LogP contribution in [0.2, 0.25) is 18.1 Å². The van der Waals surface area contributed by atoms with Crippen LogP contribution in [0.4, 0.5) is 8.78 Å². The quantitative estimate of drug-likeness (QED) is 0.428. The Kier molecular flexibility index (Phi) is 6.92. The summed E-state index contributed by atoms with van der Waals surface area (Å²) in [6.07, 6.45) is 4.18. The maximum absolute atomic E-state index is 12.9. The van der Waals surface area contributed by atoms with Crippen molar-refractivity contribution in [3.8, 4) is 0 Å². The largest absolute Gasteiger partial charge is 0.414 e. The van der Waals surface area contributed by atoms with Crippen molar-refractivity contribution >= 4 is 8.32 Å². The second kappa shape index (κ2) is 8.16. The topological polar surface area (TPSA) is 9.23 Å². The highest BCUT2D eigenvalue weighted by atomic mass is 28.4. The summed E-state index contributed by atoms with van der Waals surface area (Å²) in [6, 6.07) is 3.60. The maximum Gasteiger partial charge on any atom is 0.238 e. The van der Waals surface area contributed by atoms with Gasteiger partial charge in [-0.2, -0.15) is 0 Å². The van der Waals surface area contributed by atoms with Gasteiger partial charge in [-0.1, -0.05) is 41.0 Å². The third kappa shape index (κ3) is 3.90. The highest BCUT2D eigenvalue weighted by Crippen LogP contribution is 2.59. The van der Waals surface area contributed by atoms with E-state index in [0.717, 1.165) is 6.42 Å². The van der Waals surface area contributed by atoms with Gasteiger partial charge in [-0.15, -0.1) is 0 Å². The van der Waals surface area contributed by atoms with Gasteiger partial charge in [-0.05, 0) is 67.0 Å². The summed E-state index contributed by atoms with van der Waals surface area (Å²) in [5.74, 6) is 1.17. The minimum absolute atomic E-state index is 0.0655. The van der Waals surface area contributed by atoms with Crippen molar-refractivity contribution in [2.24, 2.45) is 23.2 Å². The third-order valence-electron chi connectivity index (χ3n) is 7.71. The van der Waals surface area contributed by atoms with Gasteiger partial charge in [0.05, 0.1) is 0 Å². The molecule has 0 saturated heterocycles. The lowest BCUT2D eigenvalue weighted by molar-refractivity contribution is -0.0261. The molecule has 4 heteroatoms. The van der Waals surface area contributed by atoms with Gasteiger partial charge in [-0.3, -0.25) is 0 Å². The van der Waals surface area contributed by atoms with E-state index in [4.69, 9.17) is 4.43 Å². The van der Waals surface area contributed by atoms with Crippen LogP contribution < -0.4 is 0 Å². The molecule has 142 valence electrons. The number of alkyl halides is 2. The van der Waals surface area contributed by atoms with Crippen molar-refractivity contribution in [3.63, 3.8) is 0 Å². The number of rotatable bonds is 8. The fourth-order valence-corrected chi connectivity index (χ4v) is 8.93. The number of hydrogen-bond acceptors (Lipinski definition) is 1. The Morgan fingerprint density at radius 3 is 2.25 bits per heavy atom. The van der Waals surface area contributed by atoms with E-state index in [1.165, 1.54) is 43.8 Å². The smallest absolute Gasteiger partial charge is 0.238 e. The SMILES string of the molecule is CC[Si](CC)(CC)O[C@H]1CCC[C@]2(C)[C@@H]([C@H](C)CC(F)F)CC[C@@H]12. The van der Waals surface area contributed by atoms with Crippen molar-refractivity contribution < 1.29 is 13.2 Å². The molecule has 24 heavy (non-hydrogen) atoms. The molecule has 1 nitrogen and oxygen atoms in total. The predicted molar refractivity (Wildman–Crippen MR) is 100 cm³/mol. The van der Waals surface area contributed by atoms with E-state index in [0.29, 0.717) is 17.9 Å². The average molecular weight is 361 g/mol.